The van der Waals surface area contributed by atoms with Crippen LogP contribution in [0.5, 0.6) is 11.5 Å². The average Bonchev–Trinajstić information content (AvgIpc) is 2.89. The number of thiocarbonyl (C=S) groups is 1. The lowest BCUT2D eigenvalue weighted by Crippen LogP contribution is -2.39. The number of hydrogen-bond donors (Lipinski definition) is 3. The van der Waals surface area contributed by atoms with Crippen molar-refractivity contribution in [3.63, 3.8) is 0 Å². The monoisotopic (exact) mass is 424 g/mol. The van der Waals surface area contributed by atoms with Crippen molar-refractivity contribution in [1.82, 2.24) is 10.2 Å². The lowest BCUT2D eigenvalue weighted by molar-refractivity contribution is -0.137. The summed E-state index contributed by atoms with van der Waals surface area (Å²) in [6.45, 7) is 2.17. The molecule has 3 N–H and O–H groups in total. The topological polar surface area (TPSA) is 116 Å². The summed E-state index contributed by atoms with van der Waals surface area (Å²) < 4.78 is 5.59. The Labute approximate surface area is 171 Å². The molecular weight excluding hydrogens is 404 g/mol. The van der Waals surface area contributed by atoms with Gasteiger partial charge in [-0.1, -0.05) is 30.0 Å². The van der Waals surface area contributed by atoms with Gasteiger partial charge < -0.3 is 20.3 Å². The molecule has 1 heterocycles. The van der Waals surface area contributed by atoms with Gasteiger partial charge >= 0.3 is 5.97 Å². The maximum absolute atomic E-state index is 12.6. The van der Waals surface area contributed by atoms with E-state index in [0.717, 1.165) is 11.8 Å². The van der Waals surface area contributed by atoms with E-state index in [0.29, 0.717) is 29.2 Å². The maximum atomic E-state index is 12.6. The molecule has 0 atom stereocenters. The zero-order chi connectivity index (χ0) is 20.7. The summed E-state index contributed by atoms with van der Waals surface area (Å²) in [4.78, 5) is 36.5. The number of carbonyl (C=O) groups is 3. The molecule has 0 saturated carbocycles. The minimum Gasteiger partial charge on any atom is -0.504 e. The molecule has 0 aromatic heterocycles. The molecule has 0 spiro atoms. The molecule has 0 aliphatic carbocycles. The van der Waals surface area contributed by atoms with E-state index in [1.165, 1.54) is 11.0 Å². The number of aliphatic carboxylic acids is 1. The van der Waals surface area contributed by atoms with Crippen molar-refractivity contribution in [1.29, 1.82) is 0 Å². The molecule has 150 valence electrons. The van der Waals surface area contributed by atoms with Crippen molar-refractivity contribution in [3.8, 4) is 11.5 Å². The number of hydrogen-bond acceptors (Lipinski definition) is 7. The smallest absolute Gasteiger partial charge is 0.303 e. The number of ether oxygens (including phenoxy) is 1. The number of aromatic hydroxyl groups is 1. The van der Waals surface area contributed by atoms with E-state index in [9.17, 15) is 19.5 Å². The van der Waals surface area contributed by atoms with Gasteiger partial charge in [-0.3, -0.25) is 19.3 Å². The fraction of sp³-hybridized carbons (Fsp3) is 0.333. The van der Waals surface area contributed by atoms with Crippen LogP contribution in [-0.2, 0) is 14.4 Å². The Hall–Kier alpha value is -2.59. The fourth-order valence-electron chi connectivity index (χ4n) is 2.35. The molecule has 2 amide bonds. The molecule has 0 unspecified atom stereocenters. The quantitative estimate of drug-likeness (QED) is 0.313. The number of amides is 2. The average molecular weight is 425 g/mol. The van der Waals surface area contributed by atoms with Crippen LogP contribution in [0.3, 0.4) is 0 Å². The van der Waals surface area contributed by atoms with Crippen LogP contribution in [0.2, 0.25) is 0 Å². The Bertz CT molecular complexity index is 824. The Kier molecular flexibility index (Phi) is 7.82. The maximum Gasteiger partial charge on any atom is 0.303 e. The largest absolute Gasteiger partial charge is 0.504 e. The molecule has 1 aromatic rings. The van der Waals surface area contributed by atoms with E-state index in [-0.39, 0.29) is 35.5 Å². The minimum absolute atomic E-state index is 0.00566. The molecule has 1 saturated heterocycles. The van der Waals surface area contributed by atoms with Crippen LogP contribution >= 0.6 is 24.0 Å². The predicted octanol–water partition coefficient (Wildman–Crippen LogP) is 1.97. The third-order valence-electron chi connectivity index (χ3n) is 3.65. The number of carboxylic acids is 1. The molecule has 8 nitrogen and oxygen atoms in total. The highest BCUT2D eigenvalue weighted by Gasteiger charge is 2.33. The van der Waals surface area contributed by atoms with Gasteiger partial charge in [0.25, 0.3) is 5.91 Å². The van der Waals surface area contributed by atoms with Gasteiger partial charge in [-0.15, -0.1) is 0 Å². The number of phenolic OH excluding ortho intramolecular Hbond substituents is 1. The lowest BCUT2D eigenvalue weighted by Gasteiger charge is -2.14. The van der Waals surface area contributed by atoms with Gasteiger partial charge in [0.2, 0.25) is 5.91 Å². The zero-order valence-electron chi connectivity index (χ0n) is 15.1. The number of rotatable bonds is 9. The number of carbonyl (C=O) groups excluding carboxylic acids is 2. The second-order valence-electron chi connectivity index (χ2n) is 5.78. The molecule has 10 heteroatoms. The number of benzene rings is 1. The Morgan fingerprint density at radius 2 is 2.14 bits per heavy atom. The van der Waals surface area contributed by atoms with Gasteiger partial charge in [0.05, 0.1) is 11.5 Å². The second kappa shape index (κ2) is 10.1. The molecule has 0 radical (unpaired) electrons. The van der Waals surface area contributed by atoms with E-state index < -0.39 is 11.9 Å². The second-order valence-corrected chi connectivity index (χ2v) is 7.45. The van der Waals surface area contributed by atoms with E-state index in [1.807, 2.05) is 0 Å². The van der Waals surface area contributed by atoms with Crippen LogP contribution < -0.4 is 10.1 Å². The summed E-state index contributed by atoms with van der Waals surface area (Å²) in [6, 6.07) is 4.72. The van der Waals surface area contributed by atoms with Crippen LogP contribution in [0.25, 0.3) is 6.08 Å². The standard InChI is InChI=1S/C18H20N2O6S2/c1-2-26-13-8-11(5-6-12(13)21)9-14-17(25)20(18(27)28-14)10-15(22)19-7-3-4-16(23)24/h5-6,8-9,21H,2-4,7,10H2,1H3,(H,19,22)(H,23,24)/b14-9-. The summed E-state index contributed by atoms with van der Waals surface area (Å²) in [5.74, 6) is -1.41. The highest BCUT2D eigenvalue weighted by molar-refractivity contribution is 8.26. The summed E-state index contributed by atoms with van der Waals surface area (Å²) in [5.41, 5.74) is 0.653. The SMILES string of the molecule is CCOc1cc(/C=C2\SC(=S)N(CC(=O)NCCCC(=O)O)C2=O)ccc1O. The van der Waals surface area contributed by atoms with Crippen LogP contribution in [0, 0.1) is 0 Å². The van der Waals surface area contributed by atoms with Gasteiger partial charge in [-0.2, -0.15) is 0 Å². The molecule has 2 rings (SSSR count). The summed E-state index contributed by atoms with van der Waals surface area (Å²) in [6.07, 6.45) is 1.88. The molecule has 28 heavy (non-hydrogen) atoms. The highest BCUT2D eigenvalue weighted by Crippen LogP contribution is 2.34. The Morgan fingerprint density at radius 3 is 2.82 bits per heavy atom. The van der Waals surface area contributed by atoms with Crippen molar-refractivity contribution in [2.24, 2.45) is 0 Å². The van der Waals surface area contributed by atoms with Gasteiger partial charge in [-0.25, -0.2) is 0 Å². The van der Waals surface area contributed by atoms with Crippen LogP contribution in [0.4, 0.5) is 0 Å². The van der Waals surface area contributed by atoms with E-state index in [4.69, 9.17) is 22.1 Å². The van der Waals surface area contributed by atoms with Crippen molar-refractivity contribution in [2.75, 3.05) is 19.7 Å². The minimum atomic E-state index is -0.932. The first kappa shape index (κ1) is 21.7. The third-order valence-corrected chi connectivity index (χ3v) is 5.02. The van der Waals surface area contributed by atoms with Gasteiger partial charge in [-0.05, 0) is 37.1 Å². The predicted molar refractivity (Wildman–Crippen MR) is 109 cm³/mol. The summed E-state index contributed by atoms with van der Waals surface area (Å²) >= 11 is 6.27. The van der Waals surface area contributed by atoms with E-state index in [1.54, 1.807) is 25.1 Å². The first-order valence-corrected chi connectivity index (χ1v) is 9.74. The molecule has 0 bridgehead atoms. The fourth-order valence-corrected chi connectivity index (χ4v) is 3.60. The third kappa shape index (κ3) is 5.96. The van der Waals surface area contributed by atoms with Crippen LogP contribution in [0.15, 0.2) is 23.1 Å². The van der Waals surface area contributed by atoms with E-state index in [2.05, 4.69) is 5.32 Å². The van der Waals surface area contributed by atoms with Crippen molar-refractivity contribution in [2.45, 2.75) is 19.8 Å². The Balaban J connectivity index is 2.01. The highest BCUT2D eigenvalue weighted by atomic mass is 32.2. The van der Waals surface area contributed by atoms with Gasteiger partial charge in [0.1, 0.15) is 10.9 Å². The number of phenols is 1. The normalized spacial score (nSPS) is 15.2. The first-order chi connectivity index (χ1) is 13.3. The molecule has 1 aromatic carbocycles. The molecule has 1 aliphatic heterocycles. The molecule has 1 aliphatic rings. The van der Waals surface area contributed by atoms with Crippen LogP contribution in [-0.4, -0.2) is 56.9 Å². The number of carboxylic acid groups (broad SMARTS) is 1. The lowest BCUT2D eigenvalue weighted by atomic mass is 10.2. The number of nitrogens with one attached hydrogen (secondary N) is 1. The van der Waals surface area contributed by atoms with Crippen molar-refractivity contribution in [3.05, 3.63) is 28.7 Å². The van der Waals surface area contributed by atoms with E-state index >= 15 is 0 Å². The van der Waals surface area contributed by atoms with Crippen molar-refractivity contribution >= 4 is 52.2 Å². The van der Waals surface area contributed by atoms with Gasteiger partial charge in [0, 0.05) is 13.0 Å². The zero-order valence-corrected chi connectivity index (χ0v) is 16.8. The number of nitrogens with zero attached hydrogens (tertiary/aromatic N) is 1. The first-order valence-electron chi connectivity index (χ1n) is 8.51. The number of thioether (sulfide) groups is 1. The van der Waals surface area contributed by atoms with Crippen molar-refractivity contribution < 1.29 is 29.3 Å². The Morgan fingerprint density at radius 1 is 1.39 bits per heavy atom. The van der Waals surface area contributed by atoms with Crippen LogP contribution in [0.1, 0.15) is 25.3 Å². The van der Waals surface area contributed by atoms with Gasteiger partial charge in [0.15, 0.2) is 11.5 Å². The summed E-state index contributed by atoms with van der Waals surface area (Å²) in [5, 5.41) is 20.9. The molecule has 1 fully saturated rings. The molecular formula is C18H20N2O6S2. The summed E-state index contributed by atoms with van der Waals surface area (Å²) in [7, 11) is 0.